The summed E-state index contributed by atoms with van der Waals surface area (Å²) in [4.78, 5) is 0. The first kappa shape index (κ1) is 13.9. The quantitative estimate of drug-likeness (QED) is 0.601. The molecule has 4 rings (SSSR count). The third kappa shape index (κ3) is 2.24. The first-order chi connectivity index (χ1) is 10.9. The van der Waals surface area contributed by atoms with Gasteiger partial charge in [0.1, 0.15) is 5.75 Å². The summed E-state index contributed by atoms with van der Waals surface area (Å²) in [6, 6.07) is 13.4. The van der Waals surface area contributed by atoms with Crippen LogP contribution >= 0.6 is 0 Å². The standard InChI is InChI=1S/C21H24O/c1-2-22-20-13-12-18-17-11-7-6-10-16(17)14-19(18)21(20)15-8-4-3-5-9-15/h6-7,10-13,15H,2-5,8-9,14H2,1H3. The van der Waals surface area contributed by atoms with Crippen molar-refractivity contribution in [3.05, 3.63) is 53.1 Å². The molecule has 0 atom stereocenters. The highest BCUT2D eigenvalue weighted by atomic mass is 16.5. The Balaban J connectivity index is 1.84. The molecule has 0 aromatic heterocycles. The number of hydrogen-bond acceptors (Lipinski definition) is 1. The molecule has 0 amide bonds. The van der Waals surface area contributed by atoms with Gasteiger partial charge < -0.3 is 4.74 Å². The van der Waals surface area contributed by atoms with Gasteiger partial charge in [-0.15, -0.1) is 0 Å². The lowest BCUT2D eigenvalue weighted by Crippen LogP contribution is -2.10. The number of fused-ring (bicyclic) bond motifs is 3. The van der Waals surface area contributed by atoms with E-state index in [1.165, 1.54) is 54.4 Å². The molecule has 0 saturated heterocycles. The minimum Gasteiger partial charge on any atom is -0.494 e. The van der Waals surface area contributed by atoms with Crippen LogP contribution in [0.15, 0.2) is 36.4 Å². The van der Waals surface area contributed by atoms with Crippen molar-refractivity contribution < 1.29 is 4.74 Å². The fraction of sp³-hybridized carbons (Fsp3) is 0.429. The molecule has 0 radical (unpaired) electrons. The highest BCUT2D eigenvalue weighted by Crippen LogP contribution is 2.47. The van der Waals surface area contributed by atoms with Crippen LogP contribution in [0.3, 0.4) is 0 Å². The van der Waals surface area contributed by atoms with Gasteiger partial charge in [0, 0.05) is 5.56 Å². The zero-order valence-corrected chi connectivity index (χ0v) is 13.4. The Labute approximate surface area is 133 Å². The molecule has 2 aromatic rings. The third-order valence-electron chi connectivity index (χ3n) is 5.31. The summed E-state index contributed by atoms with van der Waals surface area (Å²) < 4.78 is 6.01. The van der Waals surface area contributed by atoms with Crippen molar-refractivity contribution in [2.75, 3.05) is 6.61 Å². The molecule has 2 aliphatic carbocycles. The van der Waals surface area contributed by atoms with Crippen LogP contribution in [-0.4, -0.2) is 6.61 Å². The lowest BCUT2D eigenvalue weighted by Gasteiger charge is -2.26. The normalized spacial score (nSPS) is 17.1. The Bertz CT molecular complexity index is 680. The van der Waals surface area contributed by atoms with E-state index in [4.69, 9.17) is 4.74 Å². The molecule has 0 spiro atoms. The average Bonchev–Trinajstić information content (AvgIpc) is 2.94. The number of hydrogen-bond donors (Lipinski definition) is 0. The minimum atomic E-state index is 0.694. The van der Waals surface area contributed by atoms with Gasteiger partial charge in [0.15, 0.2) is 0 Å². The Morgan fingerprint density at radius 3 is 2.59 bits per heavy atom. The van der Waals surface area contributed by atoms with Gasteiger partial charge in [-0.05, 0) is 60.4 Å². The van der Waals surface area contributed by atoms with Crippen LogP contribution in [-0.2, 0) is 6.42 Å². The van der Waals surface area contributed by atoms with E-state index in [0.717, 1.165) is 18.8 Å². The van der Waals surface area contributed by atoms with Crippen LogP contribution in [0.4, 0.5) is 0 Å². The minimum absolute atomic E-state index is 0.694. The molecule has 0 unspecified atom stereocenters. The summed E-state index contributed by atoms with van der Waals surface area (Å²) in [5, 5.41) is 0. The molecule has 0 aliphatic heterocycles. The van der Waals surface area contributed by atoms with Gasteiger partial charge in [-0.25, -0.2) is 0 Å². The van der Waals surface area contributed by atoms with Crippen molar-refractivity contribution >= 4 is 0 Å². The Hall–Kier alpha value is -1.76. The number of benzene rings is 2. The fourth-order valence-electron chi connectivity index (χ4n) is 4.33. The Morgan fingerprint density at radius 1 is 0.955 bits per heavy atom. The van der Waals surface area contributed by atoms with E-state index in [2.05, 4.69) is 43.3 Å². The summed E-state index contributed by atoms with van der Waals surface area (Å²) in [6.45, 7) is 2.85. The highest BCUT2D eigenvalue weighted by molar-refractivity contribution is 5.79. The van der Waals surface area contributed by atoms with Crippen LogP contribution < -0.4 is 4.74 Å². The van der Waals surface area contributed by atoms with Gasteiger partial charge >= 0.3 is 0 Å². The Kier molecular flexibility index (Phi) is 3.65. The predicted molar refractivity (Wildman–Crippen MR) is 91.7 cm³/mol. The maximum absolute atomic E-state index is 6.01. The molecule has 0 N–H and O–H groups in total. The van der Waals surface area contributed by atoms with E-state index in [1.807, 2.05) is 0 Å². The molecule has 0 heterocycles. The second kappa shape index (κ2) is 5.79. The van der Waals surface area contributed by atoms with Gasteiger partial charge in [0.2, 0.25) is 0 Å². The first-order valence-corrected chi connectivity index (χ1v) is 8.75. The van der Waals surface area contributed by atoms with Gasteiger partial charge in [-0.3, -0.25) is 0 Å². The van der Waals surface area contributed by atoms with Gasteiger partial charge in [0.05, 0.1) is 6.61 Å². The summed E-state index contributed by atoms with van der Waals surface area (Å²) in [7, 11) is 0. The largest absolute Gasteiger partial charge is 0.494 e. The lowest BCUT2D eigenvalue weighted by atomic mass is 9.80. The van der Waals surface area contributed by atoms with Crippen LogP contribution in [0.5, 0.6) is 5.75 Å². The second-order valence-corrected chi connectivity index (χ2v) is 6.61. The van der Waals surface area contributed by atoms with Crippen molar-refractivity contribution in [1.82, 2.24) is 0 Å². The maximum atomic E-state index is 6.01. The lowest BCUT2D eigenvalue weighted by molar-refractivity contribution is 0.327. The summed E-state index contributed by atoms with van der Waals surface area (Å²) in [6.07, 6.45) is 7.87. The summed E-state index contributed by atoms with van der Waals surface area (Å²) in [5.74, 6) is 1.83. The molecule has 1 nitrogen and oxygen atoms in total. The molecule has 1 fully saturated rings. The van der Waals surface area contributed by atoms with E-state index in [-0.39, 0.29) is 0 Å². The maximum Gasteiger partial charge on any atom is 0.123 e. The van der Waals surface area contributed by atoms with E-state index in [1.54, 1.807) is 5.56 Å². The molecule has 2 aromatic carbocycles. The Morgan fingerprint density at radius 2 is 1.77 bits per heavy atom. The van der Waals surface area contributed by atoms with Crippen LogP contribution in [0.1, 0.15) is 61.6 Å². The van der Waals surface area contributed by atoms with E-state index in [9.17, 15) is 0 Å². The average molecular weight is 292 g/mol. The molecular formula is C21H24O. The zero-order chi connectivity index (χ0) is 14.9. The predicted octanol–water partition coefficient (Wildman–Crippen LogP) is 5.70. The number of ether oxygens (including phenoxy) is 1. The molecule has 22 heavy (non-hydrogen) atoms. The smallest absolute Gasteiger partial charge is 0.123 e. The summed E-state index contributed by atoms with van der Waals surface area (Å²) in [5.41, 5.74) is 7.41. The molecular weight excluding hydrogens is 268 g/mol. The topological polar surface area (TPSA) is 9.23 Å². The SMILES string of the molecule is CCOc1ccc2c(c1C1CCCCC1)Cc1ccccc1-2. The second-order valence-electron chi connectivity index (χ2n) is 6.61. The van der Waals surface area contributed by atoms with Gasteiger partial charge in [-0.1, -0.05) is 49.6 Å². The zero-order valence-electron chi connectivity index (χ0n) is 13.4. The van der Waals surface area contributed by atoms with E-state index >= 15 is 0 Å². The van der Waals surface area contributed by atoms with Gasteiger partial charge in [0.25, 0.3) is 0 Å². The van der Waals surface area contributed by atoms with E-state index < -0.39 is 0 Å². The molecule has 1 heteroatoms. The molecule has 2 aliphatic rings. The molecule has 114 valence electrons. The van der Waals surface area contributed by atoms with Crippen molar-refractivity contribution in [2.24, 2.45) is 0 Å². The van der Waals surface area contributed by atoms with Crippen molar-refractivity contribution in [3.8, 4) is 16.9 Å². The van der Waals surface area contributed by atoms with Crippen LogP contribution in [0, 0.1) is 0 Å². The van der Waals surface area contributed by atoms with Crippen LogP contribution in [0.2, 0.25) is 0 Å². The van der Waals surface area contributed by atoms with Crippen LogP contribution in [0.25, 0.3) is 11.1 Å². The first-order valence-electron chi connectivity index (χ1n) is 8.75. The fourth-order valence-corrected chi connectivity index (χ4v) is 4.33. The van der Waals surface area contributed by atoms with Gasteiger partial charge in [-0.2, -0.15) is 0 Å². The molecule has 0 bridgehead atoms. The van der Waals surface area contributed by atoms with Crippen molar-refractivity contribution in [2.45, 2.75) is 51.4 Å². The van der Waals surface area contributed by atoms with E-state index in [0.29, 0.717) is 5.92 Å². The highest BCUT2D eigenvalue weighted by Gasteiger charge is 2.28. The number of rotatable bonds is 3. The molecule has 1 saturated carbocycles. The monoisotopic (exact) mass is 292 g/mol. The third-order valence-corrected chi connectivity index (χ3v) is 5.31. The summed E-state index contributed by atoms with van der Waals surface area (Å²) >= 11 is 0. The van der Waals surface area contributed by atoms with Crippen molar-refractivity contribution in [3.63, 3.8) is 0 Å². The van der Waals surface area contributed by atoms with Crippen molar-refractivity contribution in [1.29, 1.82) is 0 Å².